The van der Waals surface area contributed by atoms with Crippen molar-refractivity contribution >= 4 is 15.6 Å². The van der Waals surface area contributed by atoms with Crippen LogP contribution in [-0.2, 0) is 14.6 Å². The Bertz CT molecular complexity index is 462. The summed E-state index contributed by atoms with van der Waals surface area (Å²) in [6, 6.07) is 0. The highest BCUT2D eigenvalue weighted by molar-refractivity contribution is 7.91. The maximum Gasteiger partial charge on any atom is 0.161 e. The smallest absolute Gasteiger partial charge is 0.161 e. The number of carbonyl (C=O) groups excluding carboxylic acids is 1. The molecular formula is C15H24O3S. The summed E-state index contributed by atoms with van der Waals surface area (Å²) in [6.45, 7) is 0. The molecule has 0 bridgehead atoms. The zero-order valence-corrected chi connectivity index (χ0v) is 12.5. The largest absolute Gasteiger partial charge is 0.294 e. The van der Waals surface area contributed by atoms with Crippen molar-refractivity contribution in [3.63, 3.8) is 0 Å². The zero-order chi connectivity index (χ0) is 13.9. The van der Waals surface area contributed by atoms with E-state index in [1.165, 1.54) is 19.1 Å². The lowest BCUT2D eigenvalue weighted by Gasteiger charge is -2.27. The van der Waals surface area contributed by atoms with Gasteiger partial charge in [-0.2, -0.15) is 0 Å². The summed E-state index contributed by atoms with van der Waals surface area (Å²) < 4.78 is 23.3. The second kappa shape index (κ2) is 6.21. The SMILES string of the molecule is CS(=O)(=O)C1CCCC(C(=O)C2=CCCCCC2)C1. The van der Waals surface area contributed by atoms with Crippen LogP contribution in [0.2, 0.25) is 0 Å². The van der Waals surface area contributed by atoms with Gasteiger partial charge in [-0.25, -0.2) is 8.42 Å². The molecule has 0 amide bonds. The molecule has 0 radical (unpaired) electrons. The van der Waals surface area contributed by atoms with Crippen LogP contribution in [-0.4, -0.2) is 25.7 Å². The van der Waals surface area contributed by atoms with Crippen molar-refractivity contribution in [3.05, 3.63) is 11.6 Å². The van der Waals surface area contributed by atoms with Gasteiger partial charge in [0.2, 0.25) is 0 Å². The van der Waals surface area contributed by atoms with E-state index in [-0.39, 0.29) is 17.0 Å². The Labute approximate surface area is 116 Å². The van der Waals surface area contributed by atoms with E-state index in [2.05, 4.69) is 6.08 Å². The van der Waals surface area contributed by atoms with Crippen LogP contribution in [0, 0.1) is 5.92 Å². The van der Waals surface area contributed by atoms with E-state index in [9.17, 15) is 13.2 Å². The highest BCUT2D eigenvalue weighted by atomic mass is 32.2. The van der Waals surface area contributed by atoms with Crippen molar-refractivity contribution in [2.45, 2.75) is 63.0 Å². The summed E-state index contributed by atoms with van der Waals surface area (Å²) in [5.41, 5.74) is 0.969. The van der Waals surface area contributed by atoms with Gasteiger partial charge in [-0.05, 0) is 50.5 Å². The number of carbonyl (C=O) groups is 1. The minimum absolute atomic E-state index is 0.0576. The van der Waals surface area contributed by atoms with Gasteiger partial charge in [0.05, 0.1) is 5.25 Å². The van der Waals surface area contributed by atoms with Gasteiger partial charge in [0.15, 0.2) is 5.78 Å². The minimum Gasteiger partial charge on any atom is -0.294 e. The fourth-order valence-electron chi connectivity index (χ4n) is 3.27. The Kier molecular flexibility index (Phi) is 4.82. The van der Waals surface area contributed by atoms with Crippen molar-refractivity contribution in [3.8, 4) is 0 Å². The minimum atomic E-state index is -3.00. The van der Waals surface area contributed by atoms with E-state index in [0.29, 0.717) is 6.42 Å². The molecule has 2 aliphatic rings. The van der Waals surface area contributed by atoms with Gasteiger partial charge in [-0.1, -0.05) is 18.9 Å². The van der Waals surface area contributed by atoms with E-state index in [4.69, 9.17) is 0 Å². The third-order valence-electron chi connectivity index (χ3n) is 4.46. The molecule has 0 aromatic rings. The van der Waals surface area contributed by atoms with E-state index in [1.54, 1.807) is 0 Å². The summed E-state index contributed by atoms with van der Waals surface area (Å²) >= 11 is 0. The molecule has 0 aromatic heterocycles. The number of allylic oxidation sites excluding steroid dienone is 2. The number of sulfone groups is 1. The molecule has 2 rings (SSSR count). The maximum atomic E-state index is 12.5. The van der Waals surface area contributed by atoms with E-state index < -0.39 is 9.84 Å². The lowest BCUT2D eigenvalue weighted by molar-refractivity contribution is -0.120. The zero-order valence-electron chi connectivity index (χ0n) is 11.7. The predicted octanol–water partition coefficient (Wildman–Crippen LogP) is 3.05. The van der Waals surface area contributed by atoms with Gasteiger partial charge in [-0.3, -0.25) is 4.79 Å². The third-order valence-corrected chi connectivity index (χ3v) is 6.10. The van der Waals surface area contributed by atoms with Crippen LogP contribution in [0.15, 0.2) is 11.6 Å². The summed E-state index contributed by atoms with van der Waals surface area (Å²) in [6.07, 6.45) is 11.7. The molecule has 4 heteroatoms. The van der Waals surface area contributed by atoms with E-state index in [0.717, 1.165) is 44.1 Å². The molecular weight excluding hydrogens is 260 g/mol. The second-order valence-corrected chi connectivity index (χ2v) is 8.33. The maximum absolute atomic E-state index is 12.5. The molecule has 2 atom stereocenters. The molecule has 1 fully saturated rings. The van der Waals surface area contributed by atoms with Crippen molar-refractivity contribution in [1.29, 1.82) is 0 Å². The number of ketones is 1. The Hall–Kier alpha value is -0.640. The predicted molar refractivity (Wildman–Crippen MR) is 76.8 cm³/mol. The Morgan fingerprint density at radius 3 is 2.68 bits per heavy atom. The van der Waals surface area contributed by atoms with E-state index in [1.807, 2.05) is 0 Å². The summed E-state index contributed by atoms with van der Waals surface area (Å²) in [7, 11) is -3.00. The Morgan fingerprint density at radius 1 is 1.16 bits per heavy atom. The van der Waals surface area contributed by atoms with Crippen molar-refractivity contribution in [1.82, 2.24) is 0 Å². The summed E-state index contributed by atoms with van der Waals surface area (Å²) in [5, 5.41) is -0.304. The topological polar surface area (TPSA) is 51.2 Å². The van der Waals surface area contributed by atoms with Crippen LogP contribution in [0.4, 0.5) is 0 Å². The van der Waals surface area contributed by atoms with Crippen LogP contribution >= 0.6 is 0 Å². The number of hydrogen-bond donors (Lipinski definition) is 0. The number of rotatable bonds is 3. The molecule has 0 N–H and O–H groups in total. The quantitative estimate of drug-likeness (QED) is 0.800. The van der Waals surface area contributed by atoms with Crippen molar-refractivity contribution in [2.24, 2.45) is 5.92 Å². The van der Waals surface area contributed by atoms with Gasteiger partial charge < -0.3 is 0 Å². The van der Waals surface area contributed by atoms with E-state index >= 15 is 0 Å². The molecule has 0 saturated heterocycles. The standard InChI is InChI=1S/C15H24O3S/c1-19(17,18)14-10-6-9-13(11-14)15(16)12-7-4-2-3-5-8-12/h7,13-14H,2-6,8-11H2,1H3. The molecule has 108 valence electrons. The highest BCUT2D eigenvalue weighted by Crippen LogP contribution is 2.32. The number of hydrogen-bond acceptors (Lipinski definition) is 3. The van der Waals surface area contributed by atoms with Crippen LogP contribution < -0.4 is 0 Å². The average molecular weight is 284 g/mol. The van der Waals surface area contributed by atoms with Gasteiger partial charge in [-0.15, -0.1) is 0 Å². The fourth-order valence-corrected chi connectivity index (χ4v) is 4.45. The monoisotopic (exact) mass is 284 g/mol. The summed E-state index contributed by atoms with van der Waals surface area (Å²) in [4.78, 5) is 12.5. The first-order valence-electron chi connectivity index (χ1n) is 7.40. The van der Waals surface area contributed by atoms with Gasteiger partial charge >= 0.3 is 0 Å². The summed E-state index contributed by atoms with van der Waals surface area (Å²) in [5.74, 6) is 0.174. The highest BCUT2D eigenvalue weighted by Gasteiger charge is 2.33. The normalized spacial score (nSPS) is 29.4. The lowest BCUT2D eigenvalue weighted by atomic mass is 9.82. The molecule has 0 heterocycles. The van der Waals surface area contributed by atoms with Crippen LogP contribution in [0.25, 0.3) is 0 Å². The fraction of sp³-hybridized carbons (Fsp3) is 0.800. The first-order chi connectivity index (χ1) is 8.98. The molecule has 1 saturated carbocycles. The van der Waals surface area contributed by atoms with Crippen LogP contribution in [0.5, 0.6) is 0 Å². The molecule has 2 aliphatic carbocycles. The van der Waals surface area contributed by atoms with Gasteiger partial charge in [0.25, 0.3) is 0 Å². The molecule has 19 heavy (non-hydrogen) atoms. The van der Waals surface area contributed by atoms with Crippen LogP contribution in [0.3, 0.4) is 0 Å². The van der Waals surface area contributed by atoms with Crippen molar-refractivity contribution < 1.29 is 13.2 Å². The van der Waals surface area contributed by atoms with Gasteiger partial charge in [0.1, 0.15) is 9.84 Å². The second-order valence-electron chi connectivity index (χ2n) is 6.01. The van der Waals surface area contributed by atoms with Gasteiger partial charge in [0, 0.05) is 12.2 Å². The molecule has 3 nitrogen and oxygen atoms in total. The first kappa shape index (κ1) is 14.8. The molecule has 0 spiro atoms. The van der Waals surface area contributed by atoms with Crippen LogP contribution in [0.1, 0.15) is 57.8 Å². The number of Topliss-reactive ketones (excluding diaryl/α,β-unsaturated/α-hetero) is 1. The molecule has 0 aromatic carbocycles. The Balaban J connectivity index is 2.04. The molecule has 0 aliphatic heterocycles. The van der Waals surface area contributed by atoms with Crippen molar-refractivity contribution in [2.75, 3.05) is 6.26 Å². The first-order valence-corrected chi connectivity index (χ1v) is 9.36. The average Bonchev–Trinajstić information content (AvgIpc) is 2.66. The lowest BCUT2D eigenvalue weighted by Crippen LogP contribution is -2.31. The third kappa shape index (κ3) is 3.91. The molecule has 2 unspecified atom stereocenters. The Morgan fingerprint density at radius 2 is 1.95 bits per heavy atom.